The lowest BCUT2D eigenvalue weighted by molar-refractivity contribution is 0.872. The van der Waals surface area contributed by atoms with Crippen molar-refractivity contribution in [2.45, 2.75) is 0 Å². The summed E-state index contributed by atoms with van der Waals surface area (Å²) in [4.78, 5) is 6.57. The van der Waals surface area contributed by atoms with Crippen LogP contribution in [-0.4, -0.2) is 25.1 Å². The van der Waals surface area contributed by atoms with Gasteiger partial charge in [0.05, 0.1) is 5.52 Å². The van der Waals surface area contributed by atoms with Gasteiger partial charge in [-0.1, -0.05) is 17.7 Å². The molecule has 1 aromatic carbocycles. The molecule has 0 spiro atoms. The Balaban J connectivity index is 2.42. The van der Waals surface area contributed by atoms with E-state index in [-0.39, 0.29) is 0 Å². The van der Waals surface area contributed by atoms with Crippen LogP contribution >= 0.6 is 11.6 Å². The molecule has 0 fully saturated rings. The van der Waals surface area contributed by atoms with Gasteiger partial charge in [0, 0.05) is 30.5 Å². The maximum Gasteiger partial charge on any atom is 0.129 e. The first-order valence-electron chi connectivity index (χ1n) is 5.18. The number of rotatable bonds is 3. The summed E-state index contributed by atoms with van der Waals surface area (Å²) in [6.45, 7) is 1.41. The number of fused-ring (bicyclic) bond motifs is 1. The van der Waals surface area contributed by atoms with E-state index in [4.69, 9.17) is 17.3 Å². The van der Waals surface area contributed by atoms with Crippen LogP contribution in [0.1, 0.15) is 0 Å². The van der Waals surface area contributed by atoms with Crippen molar-refractivity contribution < 1.29 is 0 Å². The van der Waals surface area contributed by atoms with Gasteiger partial charge >= 0.3 is 0 Å². The van der Waals surface area contributed by atoms with Crippen molar-refractivity contribution in [3.8, 4) is 0 Å². The highest BCUT2D eigenvalue weighted by molar-refractivity contribution is 6.31. The molecule has 0 unspecified atom stereocenters. The number of hydrogen-bond acceptors (Lipinski definition) is 3. The number of halogens is 1. The van der Waals surface area contributed by atoms with Crippen LogP contribution in [0.4, 0.5) is 5.82 Å². The van der Waals surface area contributed by atoms with E-state index >= 15 is 0 Å². The fraction of sp³-hybridized carbons (Fsp3) is 0.250. The van der Waals surface area contributed by atoms with E-state index < -0.39 is 0 Å². The van der Waals surface area contributed by atoms with Crippen LogP contribution in [-0.2, 0) is 0 Å². The van der Waals surface area contributed by atoms with E-state index in [9.17, 15) is 0 Å². The summed E-state index contributed by atoms with van der Waals surface area (Å²) < 4.78 is 0. The molecule has 16 heavy (non-hydrogen) atoms. The Morgan fingerprint density at radius 1 is 1.31 bits per heavy atom. The summed E-state index contributed by atoms with van der Waals surface area (Å²) in [7, 11) is 1.98. The number of likely N-dealkylation sites (N-methyl/N-ethyl adjacent to an activating group) is 1. The molecule has 84 valence electrons. The Morgan fingerprint density at radius 3 is 2.81 bits per heavy atom. The van der Waals surface area contributed by atoms with Crippen LogP contribution in [0.3, 0.4) is 0 Å². The molecule has 0 saturated heterocycles. The number of benzene rings is 1. The van der Waals surface area contributed by atoms with E-state index in [0.717, 1.165) is 23.3 Å². The van der Waals surface area contributed by atoms with Gasteiger partial charge in [0.15, 0.2) is 0 Å². The molecule has 0 radical (unpaired) electrons. The maximum absolute atomic E-state index is 5.94. The van der Waals surface area contributed by atoms with Gasteiger partial charge in [-0.3, -0.25) is 0 Å². The third kappa shape index (κ3) is 2.26. The van der Waals surface area contributed by atoms with Crippen molar-refractivity contribution in [1.82, 2.24) is 4.98 Å². The number of aromatic nitrogens is 1. The molecule has 0 amide bonds. The quantitative estimate of drug-likeness (QED) is 0.888. The van der Waals surface area contributed by atoms with E-state index in [1.807, 2.05) is 42.3 Å². The van der Waals surface area contributed by atoms with Crippen molar-refractivity contribution in [3.05, 3.63) is 35.4 Å². The Morgan fingerprint density at radius 2 is 2.06 bits per heavy atom. The molecular weight excluding hydrogens is 222 g/mol. The summed E-state index contributed by atoms with van der Waals surface area (Å²) in [6, 6.07) is 9.75. The first-order chi connectivity index (χ1) is 7.70. The fourth-order valence-electron chi connectivity index (χ4n) is 1.60. The zero-order valence-corrected chi connectivity index (χ0v) is 9.91. The zero-order valence-electron chi connectivity index (χ0n) is 9.15. The number of nitrogens with two attached hydrogens (primary N) is 1. The molecule has 0 bridgehead atoms. The van der Waals surface area contributed by atoms with Gasteiger partial charge in [-0.2, -0.15) is 0 Å². The Kier molecular flexibility index (Phi) is 3.27. The van der Waals surface area contributed by atoms with Crippen LogP contribution in [0.25, 0.3) is 10.9 Å². The number of hydrogen-bond donors (Lipinski definition) is 1. The smallest absolute Gasteiger partial charge is 0.129 e. The second-order valence-electron chi connectivity index (χ2n) is 3.72. The molecule has 3 nitrogen and oxygen atoms in total. The molecule has 4 heteroatoms. The summed E-state index contributed by atoms with van der Waals surface area (Å²) in [5, 5.41) is 1.80. The number of anilines is 1. The Bertz CT molecular complexity index is 499. The van der Waals surface area contributed by atoms with Crippen LogP contribution in [0, 0.1) is 0 Å². The first kappa shape index (κ1) is 11.2. The van der Waals surface area contributed by atoms with Gasteiger partial charge in [-0.05, 0) is 24.3 Å². The highest BCUT2D eigenvalue weighted by Crippen LogP contribution is 2.20. The van der Waals surface area contributed by atoms with E-state index in [1.54, 1.807) is 0 Å². The van der Waals surface area contributed by atoms with Crippen molar-refractivity contribution in [3.63, 3.8) is 0 Å². The Hall–Kier alpha value is -1.32. The predicted octanol–water partition coefficient (Wildman–Crippen LogP) is 2.28. The standard InChI is InChI=1S/C12H14ClN3/c1-16(7-6-14)12-5-3-9-2-4-10(13)8-11(9)15-12/h2-5,8H,6-7,14H2,1H3. The summed E-state index contributed by atoms with van der Waals surface area (Å²) in [5.74, 6) is 0.917. The lowest BCUT2D eigenvalue weighted by Gasteiger charge is -2.17. The number of pyridine rings is 1. The highest BCUT2D eigenvalue weighted by Gasteiger charge is 2.03. The molecule has 1 aromatic heterocycles. The average molecular weight is 236 g/mol. The second kappa shape index (κ2) is 4.68. The van der Waals surface area contributed by atoms with Gasteiger partial charge < -0.3 is 10.6 Å². The minimum absolute atomic E-state index is 0.617. The summed E-state index contributed by atoms with van der Waals surface area (Å²) in [6.07, 6.45) is 0. The number of nitrogens with zero attached hydrogens (tertiary/aromatic N) is 2. The molecule has 2 N–H and O–H groups in total. The van der Waals surface area contributed by atoms with Crippen molar-refractivity contribution in [1.29, 1.82) is 0 Å². The van der Waals surface area contributed by atoms with Gasteiger partial charge in [0.2, 0.25) is 0 Å². The van der Waals surface area contributed by atoms with E-state index in [0.29, 0.717) is 11.6 Å². The predicted molar refractivity (Wildman–Crippen MR) is 69.1 cm³/mol. The van der Waals surface area contributed by atoms with Gasteiger partial charge in [0.25, 0.3) is 0 Å². The molecule has 2 rings (SSSR count). The molecular formula is C12H14ClN3. The van der Waals surface area contributed by atoms with Gasteiger partial charge in [0.1, 0.15) is 5.82 Å². The lowest BCUT2D eigenvalue weighted by Crippen LogP contribution is -2.25. The van der Waals surface area contributed by atoms with Crippen LogP contribution < -0.4 is 10.6 Å². The molecule has 0 aliphatic heterocycles. The SMILES string of the molecule is CN(CCN)c1ccc2ccc(Cl)cc2n1. The topological polar surface area (TPSA) is 42.1 Å². The van der Waals surface area contributed by atoms with E-state index in [2.05, 4.69) is 4.98 Å². The molecule has 0 aliphatic rings. The minimum Gasteiger partial charge on any atom is -0.358 e. The average Bonchev–Trinajstić information content (AvgIpc) is 2.28. The largest absolute Gasteiger partial charge is 0.358 e. The normalized spacial score (nSPS) is 10.7. The van der Waals surface area contributed by atoms with Crippen LogP contribution in [0.15, 0.2) is 30.3 Å². The molecule has 2 aromatic rings. The third-order valence-electron chi connectivity index (χ3n) is 2.50. The summed E-state index contributed by atoms with van der Waals surface area (Å²) in [5.41, 5.74) is 6.42. The van der Waals surface area contributed by atoms with Crippen molar-refractivity contribution >= 4 is 28.3 Å². The van der Waals surface area contributed by atoms with Gasteiger partial charge in [-0.15, -0.1) is 0 Å². The molecule has 0 aliphatic carbocycles. The van der Waals surface area contributed by atoms with Crippen molar-refractivity contribution in [2.24, 2.45) is 5.73 Å². The highest BCUT2D eigenvalue weighted by atomic mass is 35.5. The Labute approximate surface area is 99.8 Å². The van der Waals surface area contributed by atoms with E-state index in [1.165, 1.54) is 0 Å². The van der Waals surface area contributed by atoms with Crippen LogP contribution in [0.5, 0.6) is 0 Å². The monoisotopic (exact) mass is 235 g/mol. The minimum atomic E-state index is 0.617. The zero-order chi connectivity index (χ0) is 11.5. The lowest BCUT2D eigenvalue weighted by atomic mass is 10.2. The van der Waals surface area contributed by atoms with Crippen LogP contribution in [0.2, 0.25) is 5.02 Å². The second-order valence-corrected chi connectivity index (χ2v) is 4.15. The van der Waals surface area contributed by atoms with Gasteiger partial charge in [-0.25, -0.2) is 4.98 Å². The fourth-order valence-corrected chi connectivity index (χ4v) is 1.77. The molecule has 1 heterocycles. The molecule has 0 saturated carbocycles. The maximum atomic E-state index is 5.94. The molecule has 0 atom stereocenters. The first-order valence-corrected chi connectivity index (χ1v) is 5.56. The van der Waals surface area contributed by atoms with Crippen molar-refractivity contribution in [2.75, 3.05) is 25.0 Å². The summed E-state index contributed by atoms with van der Waals surface area (Å²) >= 11 is 5.94. The third-order valence-corrected chi connectivity index (χ3v) is 2.73.